The molecule has 2 heteroatoms. The summed E-state index contributed by atoms with van der Waals surface area (Å²) in [5.41, 5.74) is 6.61. The molecule has 0 N–H and O–H groups in total. The largest absolute Gasteiger partial charge is 0.310 e. The van der Waals surface area contributed by atoms with Gasteiger partial charge in [0.1, 0.15) is 0 Å². The molecule has 0 bridgehead atoms. The Morgan fingerprint density at radius 1 is 0.196 bits per heavy atom. The van der Waals surface area contributed by atoms with Gasteiger partial charge in [0, 0.05) is 33.8 Å². The second-order valence-corrected chi connectivity index (χ2v) is 14.6. The van der Waals surface area contributed by atoms with Crippen molar-refractivity contribution in [3.8, 4) is 0 Å². The summed E-state index contributed by atoms with van der Waals surface area (Å²) in [6.07, 6.45) is 0. The monoisotopic (exact) mass is 712 g/mol. The van der Waals surface area contributed by atoms with Gasteiger partial charge in [-0.1, -0.05) is 158 Å². The Balaban J connectivity index is 1.20. The lowest BCUT2D eigenvalue weighted by atomic mass is 9.97. The highest BCUT2D eigenvalue weighted by molar-refractivity contribution is 6.16. The number of rotatable bonds is 6. The van der Waals surface area contributed by atoms with Crippen molar-refractivity contribution in [2.45, 2.75) is 0 Å². The van der Waals surface area contributed by atoms with Crippen LogP contribution < -0.4 is 9.80 Å². The normalized spacial score (nSPS) is 11.6. The molecule has 0 aliphatic heterocycles. The van der Waals surface area contributed by atoms with Gasteiger partial charge in [0.2, 0.25) is 0 Å². The highest BCUT2D eigenvalue weighted by Gasteiger charge is 2.22. The van der Waals surface area contributed by atoms with Crippen molar-refractivity contribution in [3.63, 3.8) is 0 Å². The Kier molecular flexibility index (Phi) is 7.53. The summed E-state index contributed by atoms with van der Waals surface area (Å²) in [6.45, 7) is 0. The van der Waals surface area contributed by atoms with Crippen LogP contribution in [-0.4, -0.2) is 0 Å². The van der Waals surface area contributed by atoms with Crippen LogP contribution in [0.15, 0.2) is 218 Å². The molecule has 0 saturated carbocycles. The van der Waals surface area contributed by atoms with Gasteiger partial charge in [-0.15, -0.1) is 0 Å². The highest BCUT2D eigenvalue weighted by Crippen LogP contribution is 2.47. The molecule has 11 aromatic carbocycles. The number of para-hydroxylation sites is 2. The Morgan fingerprint density at radius 3 is 1.14 bits per heavy atom. The van der Waals surface area contributed by atoms with E-state index in [4.69, 9.17) is 0 Å². The van der Waals surface area contributed by atoms with Gasteiger partial charge < -0.3 is 9.80 Å². The van der Waals surface area contributed by atoms with Gasteiger partial charge in [0.25, 0.3) is 0 Å². The number of benzene rings is 11. The van der Waals surface area contributed by atoms with Crippen molar-refractivity contribution in [1.82, 2.24) is 0 Å². The Labute approximate surface area is 325 Å². The minimum Gasteiger partial charge on any atom is -0.310 e. The maximum absolute atomic E-state index is 2.44. The van der Waals surface area contributed by atoms with E-state index in [1.54, 1.807) is 0 Å². The number of hydrogen-bond donors (Lipinski definition) is 0. The first kappa shape index (κ1) is 32.0. The number of anilines is 6. The summed E-state index contributed by atoms with van der Waals surface area (Å²) in [5.74, 6) is 0. The predicted octanol–water partition coefficient (Wildman–Crippen LogP) is 15.5. The first-order valence-electron chi connectivity index (χ1n) is 19.3. The SMILES string of the molecule is c1ccc(N(c2ccc3c(ccc4ccccc43)c2)c2cc(N(c3ccccc3)c3ccc4c(ccc5ccccc54)c3)c3ccc4ccccc4c3c2)cc1. The topological polar surface area (TPSA) is 6.48 Å². The molecular weight excluding hydrogens is 677 g/mol. The fraction of sp³-hybridized carbons (Fsp3) is 0. The van der Waals surface area contributed by atoms with Gasteiger partial charge in [0.15, 0.2) is 0 Å². The molecule has 11 aromatic rings. The third kappa shape index (κ3) is 5.34. The molecular formula is C54H36N2. The van der Waals surface area contributed by atoms with Crippen LogP contribution in [0.1, 0.15) is 0 Å². The molecule has 0 aliphatic carbocycles. The van der Waals surface area contributed by atoms with Crippen LogP contribution in [0, 0.1) is 0 Å². The van der Waals surface area contributed by atoms with E-state index in [-0.39, 0.29) is 0 Å². The zero-order chi connectivity index (χ0) is 37.0. The molecule has 0 amide bonds. The van der Waals surface area contributed by atoms with Crippen LogP contribution in [0.5, 0.6) is 0 Å². The van der Waals surface area contributed by atoms with Crippen LogP contribution in [0.3, 0.4) is 0 Å². The average Bonchev–Trinajstić information content (AvgIpc) is 3.27. The van der Waals surface area contributed by atoms with E-state index in [0.717, 1.165) is 34.1 Å². The van der Waals surface area contributed by atoms with Crippen molar-refractivity contribution in [2.75, 3.05) is 9.80 Å². The molecule has 2 nitrogen and oxygen atoms in total. The zero-order valence-corrected chi connectivity index (χ0v) is 30.7. The second-order valence-electron chi connectivity index (χ2n) is 14.6. The Bertz CT molecular complexity index is 3260. The van der Waals surface area contributed by atoms with Crippen molar-refractivity contribution in [3.05, 3.63) is 218 Å². The van der Waals surface area contributed by atoms with Crippen LogP contribution in [0.4, 0.5) is 34.1 Å². The van der Waals surface area contributed by atoms with E-state index in [1.165, 1.54) is 64.6 Å². The summed E-state index contributed by atoms with van der Waals surface area (Å²) < 4.78 is 0. The molecule has 0 unspecified atom stereocenters. The van der Waals surface area contributed by atoms with Gasteiger partial charge in [0.05, 0.1) is 5.69 Å². The first-order valence-corrected chi connectivity index (χ1v) is 19.3. The third-order valence-electron chi connectivity index (χ3n) is 11.3. The minimum absolute atomic E-state index is 1.09. The second kappa shape index (κ2) is 13.2. The molecule has 0 spiro atoms. The van der Waals surface area contributed by atoms with E-state index in [0.29, 0.717) is 0 Å². The molecule has 0 radical (unpaired) electrons. The Morgan fingerprint density at radius 2 is 0.589 bits per heavy atom. The van der Waals surface area contributed by atoms with Crippen LogP contribution in [-0.2, 0) is 0 Å². The molecule has 0 aromatic heterocycles. The van der Waals surface area contributed by atoms with Crippen molar-refractivity contribution in [2.24, 2.45) is 0 Å². The maximum atomic E-state index is 2.44. The zero-order valence-electron chi connectivity index (χ0n) is 30.7. The standard InChI is InChI=1S/C54H36N2/c1-3-16-42(17-4-1)55(44-28-31-50-40(33-44)25-23-37-13-7-10-20-47(37)50)46-35-53-49-22-12-9-15-39(49)27-30-52(53)54(36-46)56(43-18-5-2-6-19-43)45-29-32-51-41(34-45)26-24-38-14-8-11-21-48(38)51/h1-36H. The number of fused-ring (bicyclic) bond motifs is 9. The lowest BCUT2D eigenvalue weighted by molar-refractivity contribution is 1.27. The van der Waals surface area contributed by atoms with Crippen LogP contribution >= 0.6 is 0 Å². The van der Waals surface area contributed by atoms with Gasteiger partial charge in [-0.2, -0.15) is 0 Å². The summed E-state index contributed by atoms with van der Waals surface area (Å²) in [6, 6.07) is 79.7. The molecule has 0 aliphatic rings. The van der Waals surface area contributed by atoms with Gasteiger partial charge in [-0.25, -0.2) is 0 Å². The molecule has 0 saturated heterocycles. The highest BCUT2D eigenvalue weighted by atomic mass is 15.2. The van der Waals surface area contributed by atoms with E-state index in [9.17, 15) is 0 Å². The van der Waals surface area contributed by atoms with Crippen LogP contribution in [0.2, 0.25) is 0 Å². The van der Waals surface area contributed by atoms with Crippen molar-refractivity contribution >= 4 is 98.8 Å². The van der Waals surface area contributed by atoms with Gasteiger partial charge in [-0.05, 0) is 120 Å². The predicted molar refractivity (Wildman–Crippen MR) is 241 cm³/mol. The smallest absolute Gasteiger partial charge is 0.0561 e. The number of nitrogens with zero attached hydrogens (tertiary/aromatic N) is 2. The van der Waals surface area contributed by atoms with Gasteiger partial charge >= 0.3 is 0 Å². The summed E-state index contributed by atoms with van der Waals surface area (Å²) in [7, 11) is 0. The molecule has 0 fully saturated rings. The van der Waals surface area contributed by atoms with Crippen LogP contribution in [0.25, 0.3) is 64.6 Å². The molecule has 0 atom stereocenters. The van der Waals surface area contributed by atoms with Crippen molar-refractivity contribution < 1.29 is 0 Å². The summed E-state index contributed by atoms with van der Waals surface area (Å²) >= 11 is 0. The fourth-order valence-corrected chi connectivity index (χ4v) is 8.70. The van der Waals surface area contributed by atoms with Crippen molar-refractivity contribution in [1.29, 1.82) is 0 Å². The minimum atomic E-state index is 1.09. The van der Waals surface area contributed by atoms with E-state index >= 15 is 0 Å². The lowest BCUT2D eigenvalue weighted by Gasteiger charge is -2.31. The first-order chi connectivity index (χ1) is 27.8. The van der Waals surface area contributed by atoms with E-state index in [2.05, 4.69) is 228 Å². The maximum Gasteiger partial charge on any atom is 0.0561 e. The summed E-state index contributed by atoms with van der Waals surface area (Å²) in [5, 5.41) is 14.8. The lowest BCUT2D eigenvalue weighted by Crippen LogP contribution is -2.14. The van der Waals surface area contributed by atoms with E-state index in [1.807, 2.05) is 0 Å². The average molecular weight is 713 g/mol. The molecule has 56 heavy (non-hydrogen) atoms. The van der Waals surface area contributed by atoms with Gasteiger partial charge in [-0.3, -0.25) is 0 Å². The summed E-state index contributed by atoms with van der Waals surface area (Å²) in [4.78, 5) is 4.85. The molecule has 0 heterocycles. The third-order valence-corrected chi connectivity index (χ3v) is 11.3. The quantitative estimate of drug-likeness (QED) is 0.158. The Hall–Kier alpha value is -7.42. The molecule has 262 valence electrons. The molecule has 11 rings (SSSR count). The number of hydrogen-bond acceptors (Lipinski definition) is 2. The van der Waals surface area contributed by atoms with E-state index < -0.39 is 0 Å². The fourth-order valence-electron chi connectivity index (χ4n) is 8.70.